The van der Waals surface area contributed by atoms with Gasteiger partial charge in [-0.2, -0.15) is 9.78 Å². The van der Waals surface area contributed by atoms with Crippen molar-refractivity contribution in [3.63, 3.8) is 0 Å². The van der Waals surface area contributed by atoms with Crippen molar-refractivity contribution in [2.45, 2.75) is 69.1 Å². The molecule has 1 N–H and O–H groups in total. The molecule has 2 fully saturated rings. The number of hydrogen-bond donors (Lipinski definition) is 1. The van der Waals surface area contributed by atoms with E-state index in [9.17, 15) is 14.7 Å². The van der Waals surface area contributed by atoms with Crippen LogP contribution in [0.15, 0.2) is 106 Å². The second-order valence-electron chi connectivity index (χ2n) is 15.6. The number of carbonyl (C=O) groups excluding carboxylic acids is 2. The highest BCUT2D eigenvalue weighted by atomic mass is 79.9. The molecule has 55 heavy (non-hydrogen) atoms. The Morgan fingerprint density at radius 2 is 1.78 bits per heavy atom. The molecular weight excluding hydrogens is 776 g/mol. The van der Waals surface area contributed by atoms with Gasteiger partial charge in [0.2, 0.25) is 5.91 Å². The molecule has 2 saturated heterocycles. The predicted octanol–water partition coefficient (Wildman–Crippen LogP) is 6.29. The summed E-state index contributed by atoms with van der Waals surface area (Å²) in [6.45, 7) is 7.55. The third kappa shape index (κ3) is 6.23. The van der Waals surface area contributed by atoms with Gasteiger partial charge in [0.1, 0.15) is 5.75 Å². The Labute approximate surface area is 329 Å². The Hall–Kier alpha value is -4.62. The number of rotatable bonds is 9. The fourth-order valence-electron chi connectivity index (χ4n) is 9.49. The van der Waals surface area contributed by atoms with Gasteiger partial charge in [-0.3, -0.25) is 14.4 Å². The number of fused-ring (bicyclic) bond motifs is 3. The normalized spacial score (nSPS) is 23.6. The SMILES string of the molecule is COc1ccc([Si](C)(C)[C@@H]2[C@@H](CC(=O)N3CCC[C@H]3CO)O[C@]3(C(=O)N(Cc4ccc(-n5ncc6ccccc6c5=O)cc4)c4ccc(Br)cc43)[C@H]2C)cc1. The van der Waals surface area contributed by atoms with Gasteiger partial charge in [-0.15, -0.1) is 0 Å². The molecule has 0 aliphatic carbocycles. The van der Waals surface area contributed by atoms with Gasteiger partial charge in [0.25, 0.3) is 11.5 Å². The van der Waals surface area contributed by atoms with Crippen molar-refractivity contribution in [1.29, 1.82) is 0 Å². The molecule has 1 aromatic heterocycles. The largest absolute Gasteiger partial charge is 0.497 e. The molecular formula is C43H45BrN4O6Si. The van der Waals surface area contributed by atoms with Gasteiger partial charge in [0, 0.05) is 27.9 Å². The van der Waals surface area contributed by atoms with Crippen molar-refractivity contribution in [1.82, 2.24) is 14.7 Å². The molecule has 284 valence electrons. The monoisotopic (exact) mass is 820 g/mol. The first kappa shape index (κ1) is 37.3. The molecule has 12 heteroatoms. The zero-order valence-corrected chi connectivity index (χ0v) is 34.0. The van der Waals surface area contributed by atoms with Crippen molar-refractivity contribution >= 4 is 57.5 Å². The summed E-state index contributed by atoms with van der Waals surface area (Å²) in [5.74, 6) is 0.288. The Kier molecular flexibility index (Phi) is 9.81. The van der Waals surface area contributed by atoms with Crippen LogP contribution >= 0.6 is 15.9 Å². The highest BCUT2D eigenvalue weighted by Crippen LogP contribution is 2.60. The fraction of sp³-hybridized carbons (Fsp3) is 0.349. The first-order valence-corrected chi connectivity index (χ1v) is 22.8. The topological polar surface area (TPSA) is 114 Å². The number of methoxy groups -OCH3 is 1. The third-order valence-electron chi connectivity index (χ3n) is 12.3. The lowest BCUT2D eigenvalue weighted by Gasteiger charge is -2.37. The fourth-order valence-corrected chi connectivity index (χ4v) is 13.9. The minimum Gasteiger partial charge on any atom is -0.497 e. The number of amides is 2. The molecule has 4 heterocycles. The molecule has 0 radical (unpaired) electrons. The standard InChI is InChI=1S/C43H45BrN4O6Si/c1-27-40(55(3,4)34-18-16-33(53-2)17-19-34)38(23-39(50)46-21-7-9-32(46)26-49)54-43(27)36-22-30(44)13-20-37(36)47(42(43)52)25-28-11-14-31(15-12-28)48-41(51)35-10-6-5-8-29(35)24-45-48/h5-6,8,10-20,22,24,27,32,38,40,49H,7,9,21,23,25-26H2,1-4H3/t27-,32-,38+,40-,43+/m0/s1. The van der Waals surface area contributed by atoms with E-state index in [-0.39, 0.29) is 54.4 Å². The number of nitrogens with zero attached hydrogens (tertiary/aromatic N) is 4. The van der Waals surface area contributed by atoms with Crippen LogP contribution in [0.3, 0.4) is 0 Å². The maximum Gasteiger partial charge on any atom is 0.279 e. The van der Waals surface area contributed by atoms with Gasteiger partial charge in [-0.1, -0.05) is 83.6 Å². The van der Waals surface area contributed by atoms with Gasteiger partial charge in [-0.25, -0.2) is 0 Å². The van der Waals surface area contributed by atoms with Crippen LogP contribution in [0.4, 0.5) is 5.69 Å². The quantitative estimate of drug-likeness (QED) is 0.174. The highest BCUT2D eigenvalue weighted by Gasteiger charge is 2.66. The maximum atomic E-state index is 15.2. The Morgan fingerprint density at radius 1 is 1.04 bits per heavy atom. The lowest BCUT2D eigenvalue weighted by Crippen LogP contribution is -2.52. The average Bonchev–Trinajstić information content (AvgIpc) is 3.86. The molecule has 3 aliphatic heterocycles. The predicted molar refractivity (Wildman–Crippen MR) is 219 cm³/mol. The van der Waals surface area contributed by atoms with E-state index >= 15 is 4.79 Å². The van der Waals surface area contributed by atoms with E-state index in [1.54, 1.807) is 29.2 Å². The summed E-state index contributed by atoms with van der Waals surface area (Å²) in [7, 11) is -0.820. The minimum absolute atomic E-state index is 0.0489. The Balaban J connectivity index is 1.16. The molecule has 5 aromatic rings. The molecule has 10 nitrogen and oxygen atoms in total. The Bertz CT molecular complexity index is 2330. The van der Waals surface area contributed by atoms with Crippen molar-refractivity contribution in [3.05, 3.63) is 123 Å². The molecule has 4 aromatic carbocycles. The molecule has 0 bridgehead atoms. The van der Waals surface area contributed by atoms with Crippen LogP contribution in [0.5, 0.6) is 5.75 Å². The van der Waals surface area contributed by atoms with Crippen LogP contribution in [0.25, 0.3) is 16.5 Å². The second kappa shape index (κ2) is 14.5. The van der Waals surface area contributed by atoms with Gasteiger partial charge in [-0.05, 0) is 72.5 Å². The van der Waals surface area contributed by atoms with E-state index in [0.717, 1.165) is 45.3 Å². The molecule has 8 rings (SSSR count). The minimum atomic E-state index is -2.47. The van der Waals surface area contributed by atoms with E-state index < -0.39 is 19.8 Å². The summed E-state index contributed by atoms with van der Waals surface area (Å²) < 4.78 is 14.9. The van der Waals surface area contributed by atoms with Crippen LogP contribution in [0.2, 0.25) is 18.6 Å². The number of likely N-dealkylation sites (tertiary alicyclic amines) is 1. The summed E-state index contributed by atoms with van der Waals surface area (Å²) in [6, 6.07) is 28.8. The van der Waals surface area contributed by atoms with E-state index in [4.69, 9.17) is 9.47 Å². The summed E-state index contributed by atoms with van der Waals surface area (Å²) in [5.41, 5.74) is 1.43. The number of ether oxygens (including phenoxy) is 2. The van der Waals surface area contributed by atoms with Crippen LogP contribution in [0.1, 0.15) is 37.3 Å². The number of aliphatic hydroxyl groups excluding tert-OH is 1. The van der Waals surface area contributed by atoms with Crippen molar-refractivity contribution in [2.75, 3.05) is 25.2 Å². The summed E-state index contributed by atoms with van der Waals surface area (Å²) in [6.07, 6.45) is 2.90. The number of aromatic nitrogens is 2. The number of carbonyl (C=O) groups is 2. The number of anilines is 1. The van der Waals surface area contributed by atoms with Crippen molar-refractivity contribution in [3.8, 4) is 11.4 Å². The summed E-state index contributed by atoms with van der Waals surface area (Å²) >= 11 is 3.69. The first-order chi connectivity index (χ1) is 26.5. The van der Waals surface area contributed by atoms with Crippen molar-refractivity contribution < 1.29 is 24.2 Å². The van der Waals surface area contributed by atoms with Crippen LogP contribution in [-0.4, -0.2) is 72.1 Å². The molecule has 3 aliphatic rings. The second-order valence-corrected chi connectivity index (χ2v) is 21.2. The summed E-state index contributed by atoms with van der Waals surface area (Å²) in [4.78, 5) is 46.2. The first-order valence-electron chi connectivity index (χ1n) is 18.9. The molecule has 0 unspecified atom stereocenters. The van der Waals surface area contributed by atoms with Gasteiger partial charge in [0.05, 0.1) is 69.9 Å². The third-order valence-corrected chi connectivity index (χ3v) is 17.2. The molecule has 5 atom stereocenters. The van der Waals surface area contributed by atoms with Crippen LogP contribution < -0.4 is 20.4 Å². The van der Waals surface area contributed by atoms with Gasteiger partial charge >= 0.3 is 0 Å². The molecule has 2 amide bonds. The lowest BCUT2D eigenvalue weighted by atomic mass is 9.82. The number of aliphatic hydroxyl groups is 1. The van der Waals surface area contributed by atoms with E-state index in [1.807, 2.05) is 72.8 Å². The number of halogens is 1. The molecule has 1 spiro atoms. The lowest BCUT2D eigenvalue weighted by molar-refractivity contribution is -0.150. The zero-order valence-electron chi connectivity index (χ0n) is 31.4. The maximum absolute atomic E-state index is 15.2. The molecule has 0 saturated carbocycles. The number of benzene rings is 4. The van der Waals surface area contributed by atoms with E-state index in [0.29, 0.717) is 17.6 Å². The smallest absolute Gasteiger partial charge is 0.279 e. The Morgan fingerprint density at radius 3 is 2.51 bits per heavy atom. The van der Waals surface area contributed by atoms with Crippen LogP contribution in [-0.2, 0) is 26.5 Å². The van der Waals surface area contributed by atoms with Crippen LogP contribution in [0, 0.1) is 5.92 Å². The zero-order chi connectivity index (χ0) is 38.6. The summed E-state index contributed by atoms with van der Waals surface area (Å²) in [5, 5.41) is 17.0. The highest BCUT2D eigenvalue weighted by molar-refractivity contribution is 9.10. The van der Waals surface area contributed by atoms with Gasteiger partial charge < -0.3 is 24.4 Å². The van der Waals surface area contributed by atoms with E-state index in [2.05, 4.69) is 53.2 Å². The van der Waals surface area contributed by atoms with Gasteiger partial charge in [0.15, 0.2) is 5.60 Å². The van der Waals surface area contributed by atoms with Crippen molar-refractivity contribution in [2.24, 2.45) is 5.92 Å². The number of hydrogen-bond acceptors (Lipinski definition) is 7. The van der Waals surface area contributed by atoms with E-state index in [1.165, 1.54) is 9.87 Å². The average molecular weight is 822 g/mol.